The maximum Gasteiger partial charge on any atom is 0.258 e. The number of pyridine rings is 1. The van der Waals surface area contributed by atoms with Crippen molar-refractivity contribution in [3.05, 3.63) is 22.8 Å². The molecule has 0 aliphatic carbocycles. The molecule has 15 heavy (non-hydrogen) atoms. The Balaban J connectivity index is 2.91. The van der Waals surface area contributed by atoms with Crippen molar-refractivity contribution < 1.29 is 8.42 Å². The second-order valence-corrected chi connectivity index (χ2v) is 5.65. The fraction of sp³-hybridized carbons (Fsp3) is 0.375. The van der Waals surface area contributed by atoms with Crippen molar-refractivity contribution in [2.75, 3.05) is 6.54 Å². The molecule has 0 aromatic carbocycles. The van der Waals surface area contributed by atoms with Crippen molar-refractivity contribution in [1.82, 2.24) is 9.71 Å². The third-order valence-electron chi connectivity index (χ3n) is 1.69. The van der Waals surface area contributed by atoms with E-state index in [0.29, 0.717) is 0 Å². The van der Waals surface area contributed by atoms with E-state index in [0.717, 1.165) is 4.47 Å². The Morgan fingerprint density at radius 2 is 2.27 bits per heavy atom. The third-order valence-corrected chi connectivity index (χ3v) is 3.66. The van der Waals surface area contributed by atoms with Gasteiger partial charge < -0.3 is 5.73 Å². The molecule has 1 aromatic heterocycles. The highest BCUT2D eigenvalue weighted by atomic mass is 79.9. The lowest BCUT2D eigenvalue weighted by Crippen LogP contribution is -2.38. The van der Waals surface area contributed by atoms with Gasteiger partial charge in [-0.15, -0.1) is 0 Å². The van der Waals surface area contributed by atoms with Crippen LogP contribution in [0.5, 0.6) is 0 Å². The standard InChI is InChI=1S/C8H12BrN3O2S/c1-6(4-10)12-15(13,14)8-3-2-7(9)5-11-8/h2-3,5-6,12H,4,10H2,1H3/t6-/m1/s1. The zero-order valence-corrected chi connectivity index (χ0v) is 10.5. The number of rotatable bonds is 4. The summed E-state index contributed by atoms with van der Waals surface area (Å²) in [5, 5.41) is -0.00833. The van der Waals surface area contributed by atoms with Gasteiger partial charge >= 0.3 is 0 Å². The highest BCUT2D eigenvalue weighted by Gasteiger charge is 2.17. The molecule has 0 bridgehead atoms. The fourth-order valence-electron chi connectivity index (χ4n) is 0.895. The predicted octanol–water partition coefficient (Wildman–Crippen LogP) is 0.470. The van der Waals surface area contributed by atoms with E-state index in [1.807, 2.05) is 0 Å². The average molecular weight is 294 g/mol. The Hall–Kier alpha value is -0.500. The quantitative estimate of drug-likeness (QED) is 0.845. The van der Waals surface area contributed by atoms with Gasteiger partial charge in [0.05, 0.1) is 0 Å². The van der Waals surface area contributed by atoms with E-state index >= 15 is 0 Å². The number of nitrogens with one attached hydrogen (secondary N) is 1. The lowest BCUT2D eigenvalue weighted by atomic mass is 10.4. The van der Waals surface area contributed by atoms with Gasteiger partial charge in [0.15, 0.2) is 5.03 Å². The number of nitrogens with two attached hydrogens (primary N) is 1. The van der Waals surface area contributed by atoms with E-state index in [-0.39, 0.29) is 17.6 Å². The van der Waals surface area contributed by atoms with E-state index in [4.69, 9.17) is 5.73 Å². The van der Waals surface area contributed by atoms with Crippen LogP contribution in [0, 0.1) is 0 Å². The Kier molecular flexibility index (Phi) is 4.21. The van der Waals surface area contributed by atoms with Crippen LogP contribution in [0.4, 0.5) is 0 Å². The smallest absolute Gasteiger partial charge is 0.258 e. The molecular formula is C8H12BrN3O2S. The first kappa shape index (κ1) is 12.6. The molecule has 5 nitrogen and oxygen atoms in total. The maximum absolute atomic E-state index is 11.7. The summed E-state index contributed by atoms with van der Waals surface area (Å²) in [5.41, 5.74) is 5.33. The van der Waals surface area contributed by atoms with Crippen LogP contribution in [0.3, 0.4) is 0 Å². The molecule has 0 fully saturated rings. The first-order valence-corrected chi connectivity index (χ1v) is 6.57. The summed E-state index contributed by atoms with van der Waals surface area (Å²) in [6, 6.07) is 2.74. The van der Waals surface area contributed by atoms with Crippen LogP contribution in [0.2, 0.25) is 0 Å². The molecule has 0 saturated carbocycles. The Labute approximate surface area is 97.3 Å². The van der Waals surface area contributed by atoms with Gasteiger partial charge in [-0.2, -0.15) is 0 Å². The molecule has 0 amide bonds. The van der Waals surface area contributed by atoms with Crippen molar-refractivity contribution >= 4 is 26.0 Å². The highest BCUT2D eigenvalue weighted by molar-refractivity contribution is 9.10. The van der Waals surface area contributed by atoms with Gasteiger partial charge in [0.2, 0.25) is 0 Å². The monoisotopic (exact) mass is 293 g/mol. The molecule has 1 aromatic rings. The van der Waals surface area contributed by atoms with Gasteiger partial charge in [-0.3, -0.25) is 0 Å². The molecule has 0 radical (unpaired) electrons. The molecule has 0 spiro atoms. The number of sulfonamides is 1. The minimum atomic E-state index is -3.55. The van der Waals surface area contributed by atoms with Gasteiger partial charge in [-0.05, 0) is 35.0 Å². The van der Waals surface area contributed by atoms with E-state index in [9.17, 15) is 8.42 Å². The summed E-state index contributed by atoms with van der Waals surface area (Å²) in [6.45, 7) is 1.94. The van der Waals surface area contributed by atoms with Crippen LogP contribution in [-0.2, 0) is 10.0 Å². The van der Waals surface area contributed by atoms with E-state index in [1.54, 1.807) is 13.0 Å². The number of nitrogens with zero attached hydrogens (tertiary/aromatic N) is 1. The number of hydrogen-bond donors (Lipinski definition) is 2. The van der Waals surface area contributed by atoms with Crippen molar-refractivity contribution in [3.8, 4) is 0 Å². The van der Waals surface area contributed by atoms with Crippen molar-refractivity contribution in [1.29, 1.82) is 0 Å². The van der Waals surface area contributed by atoms with Crippen molar-refractivity contribution in [3.63, 3.8) is 0 Å². The lowest BCUT2D eigenvalue weighted by molar-refractivity contribution is 0.559. The molecule has 84 valence electrons. The number of aromatic nitrogens is 1. The summed E-state index contributed by atoms with van der Waals surface area (Å²) in [5.74, 6) is 0. The van der Waals surface area contributed by atoms with E-state index < -0.39 is 10.0 Å². The molecule has 1 atom stereocenters. The van der Waals surface area contributed by atoms with Crippen LogP contribution < -0.4 is 10.5 Å². The first-order valence-electron chi connectivity index (χ1n) is 4.29. The van der Waals surface area contributed by atoms with Gasteiger partial charge in [0.1, 0.15) is 0 Å². The minimum Gasteiger partial charge on any atom is -0.329 e. The zero-order valence-electron chi connectivity index (χ0n) is 8.14. The normalized spacial score (nSPS) is 13.8. The van der Waals surface area contributed by atoms with Gasteiger partial charge in [0.25, 0.3) is 10.0 Å². The summed E-state index contributed by atoms with van der Waals surface area (Å²) in [4.78, 5) is 3.80. The summed E-state index contributed by atoms with van der Waals surface area (Å²) in [6.07, 6.45) is 1.43. The second kappa shape index (κ2) is 5.02. The molecular weight excluding hydrogens is 282 g/mol. The van der Waals surface area contributed by atoms with Crippen LogP contribution in [0.25, 0.3) is 0 Å². The van der Waals surface area contributed by atoms with Crippen molar-refractivity contribution in [2.24, 2.45) is 5.73 Å². The molecule has 0 saturated heterocycles. The Bertz CT molecular complexity index is 418. The number of hydrogen-bond acceptors (Lipinski definition) is 4. The van der Waals surface area contributed by atoms with Crippen LogP contribution in [0.15, 0.2) is 27.8 Å². The Morgan fingerprint density at radius 1 is 1.60 bits per heavy atom. The predicted molar refractivity (Wildman–Crippen MR) is 60.8 cm³/mol. The van der Waals surface area contributed by atoms with Gasteiger partial charge in [0, 0.05) is 23.3 Å². The zero-order chi connectivity index (χ0) is 11.5. The molecule has 1 heterocycles. The van der Waals surface area contributed by atoms with E-state index in [1.165, 1.54) is 12.3 Å². The minimum absolute atomic E-state index is 0.00833. The van der Waals surface area contributed by atoms with Gasteiger partial charge in [-0.1, -0.05) is 0 Å². The fourth-order valence-corrected chi connectivity index (χ4v) is 2.31. The average Bonchev–Trinajstić information content (AvgIpc) is 2.17. The second-order valence-electron chi connectivity index (χ2n) is 3.07. The summed E-state index contributed by atoms with van der Waals surface area (Å²) in [7, 11) is -3.55. The molecule has 0 unspecified atom stereocenters. The largest absolute Gasteiger partial charge is 0.329 e. The first-order chi connectivity index (χ1) is 6.95. The van der Waals surface area contributed by atoms with Gasteiger partial charge in [-0.25, -0.2) is 18.1 Å². The maximum atomic E-state index is 11.7. The van der Waals surface area contributed by atoms with Crippen LogP contribution in [0.1, 0.15) is 6.92 Å². The molecule has 0 aliphatic rings. The molecule has 0 aliphatic heterocycles. The number of halogens is 1. The topological polar surface area (TPSA) is 85.1 Å². The SMILES string of the molecule is C[C@H](CN)NS(=O)(=O)c1ccc(Br)cn1. The third kappa shape index (κ3) is 3.53. The Morgan fingerprint density at radius 3 is 2.73 bits per heavy atom. The van der Waals surface area contributed by atoms with Crippen LogP contribution >= 0.6 is 15.9 Å². The van der Waals surface area contributed by atoms with E-state index in [2.05, 4.69) is 25.6 Å². The summed E-state index contributed by atoms with van der Waals surface area (Å²) < 4.78 is 26.5. The molecule has 1 rings (SSSR count). The summed E-state index contributed by atoms with van der Waals surface area (Å²) >= 11 is 3.18. The highest BCUT2D eigenvalue weighted by Crippen LogP contribution is 2.11. The lowest BCUT2D eigenvalue weighted by Gasteiger charge is -2.10. The molecule has 7 heteroatoms. The van der Waals surface area contributed by atoms with Crippen LogP contribution in [-0.4, -0.2) is 26.0 Å². The molecule has 3 N–H and O–H groups in total. The van der Waals surface area contributed by atoms with Crippen molar-refractivity contribution in [2.45, 2.75) is 18.0 Å².